The largest absolute Gasteiger partial charge is 0.481 e. The van der Waals surface area contributed by atoms with Crippen molar-refractivity contribution in [2.45, 2.75) is 102 Å². The van der Waals surface area contributed by atoms with Crippen molar-refractivity contribution in [3.8, 4) is 0 Å². The summed E-state index contributed by atoms with van der Waals surface area (Å²) in [6, 6.07) is -1.11. The number of carbonyl (C=O) groups excluding carboxylic acids is 2. The van der Waals surface area contributed by atoms with Crippen molar-refractivity contribution in [2.75, 3.05) is 6.54 Å². The molecule has 0 saturated heterocycles. The van der Waals surface area contributed by atoms with Crippen LogP contribution >= 0.6 is 0 Å². The third-order valence-corrected chi connectivity index (χ3v) is 5.53. The van der Waals surface area contributed by atoms with Crippen LogP contribution in [0.25, 0.3) is 0 Å². The summed E-state index contributed by atoms with van der Waals surface area (Å²) in [5.41, 5.74) is 0. The summed E-state index contributed by atoms with van der Waals surface area (Å²) in [6.45, 7) is -0.134. The molecule has 0 aromatic carbocycles. The molecule has 190 valence electrons. The number of rotatable bonds is 23. The maximum absolute atomic E-state index is 11.8. The molecule has 0 aliphatic carbocycles. The topological polar surface area (TPSA) is 170 Å². The van der Waals surface area contributed by atoms with Crippen LogP contribution in [-0.2, 0) is 24.0 Å². The Morgan fingerprint density at radius 1 is 0.636 bits per heavy atom. The molecule has 0 heterocycles. The van der Waals surface area contributed by atoms with E-state index < -0.39 is 29.9 Å². The summed E-state index contributed by atoms with van der Waals surface area (Å²) in [5, 5.41) is 31.3. The zero-order valence-corrected chi connectivity index (χ0v) is 19.4. The van der Waals surface area contributed by atoms with Crippen LogP contribution in [0.15, 0.2) is 0 Å². The summed E-state index contributed by atoms with van der Waals surface area (Å²) in [4.78, 5) is 54.6. The van der Waals surface area contributed by atoms with Crippen LogP contribution < -0.4 is 10.6 Å². The zero-order valence-electron chi connectivity index (χ0n) is 19.4. The van der Waals surface area contributed by atoms with E-state index in [1.807, 2.05) is 0 Å². The van der Waals surface area contributed by atoms with E-state index in [-0.39, 0.29) is 25.3 Å². The number of unbranched alkanes of at least 4 members (excludes halogenated alkanes) is 12. The third kappa shape index (κ3) is 17.6. The minimum atomic E-state index is -1.29. The van der Waals surface area contributed by atoms with Gasteiger partial charge in [0.15, 0.2) is 5.92 Å². The number of carbonyl (C=O) groups is 5. The molecule has 0 fully saturated rings. The Labute approximate surface area is 195 Å². The first-order valence-corrected chi connectivity index (χ1v) is 11.9. The van der Waals surface area contributed by atoms with E-state index in [1.165, 1.54) is 12.8 Å². The van der Waals surface area contributed by atoms with Crippen LogP contribution in [0.5, 0.6) is 0 Å². The molecule has 10 nitrogen and oxygen atoms in total. The quantitative estimate of drug-likeness (QED) is 0.0858. The average molecular weight is 473 g/mol. The Morgan fingerprint density at radius 2 is 1.06 bits per heavy atom. The Morgan fingerprint density at radius 3 is 1.45 bits per heavy atom. The van der Waals surface area contributed by atoms with Gasteiger partial charge in [-0.15, -0.1) is 0 Å². The summed E-state index contributed by atoms with van der Waals surface area (Å²) < 4.78 is 0. The van der Waals surface area contributed by atoms with Gasteiger partial charge in [-0.3, -0.25) is 19.2 Å². The van der Waals surface area contributed by atoms with Gasteiger partial charge in [-0.2, -0.15) is 0 Å². The van der Waals surface area contributed by atoms with Crippen LogP contribution in [0.4, 0.5) is 0 Å². The number of carboxylic acids is 3. The number of hydrogen-bond acceptors (Lipinski definition) is 5. The number of carboxylic acid groups (broad SMARTS) is 3. The van der Waals surface area contributed by atoms with Crippen molar-refractivity contribution >= 4 is 30.2 Å². The van der Waals surface area contributed by atoms with E-state index in [0.717, 1.165) is 57.8 Å². The van der Waals surface area contributed by atoms with Gasteiger partial charge in [0.05, 0.1) is 0 Å². The maximum Gasteiger partial charge on any atom is 0.328 e. The first kappa shape index (κ1) is 30.4. The fourth-order valence-electron chi connectivity index (χ4n) is 3.56. The van der Waals surface area contributed by atoms with Gasteiger partial charge in [-0.25, -0.2) is 4.79 Å². The second-order valence-electron chi connectivity index (χ2n) is 8.35. The first-order chi connectivity index (χ1) is 15.8. The lowest BCUT2D eigenvalue weighted by atomic mass is 10.00. The van der Waals surface area contributed by atoms with Crippen molar-refractivity contribution in [1.29, 1.82) is 0 Å². The van der Waals surface area contributed by atoms with Gasteiger partial charge in [-0.1, -0.05) is 77.0 Å². The highest BCUT2D eigenvalue weighted by Gasteiger charge is 2.24. The Kier molecular flexibility index (Phi) is 18.4. The van der Waals surface area contributed by atoms with E-state index in [2.05, 4.69) is 10.6 Å². The summed E-state index contributed by atoms with van der Waals surface area (Å²) >= 11 is 0. The number of nitrogens with one attached hydrogen (secondary N) is 2. The summed E-state index contributed by atoms with van der Waals surface area (Å²) in [6.07, 6.45) is 14.0. The molecule has 0 aromatic rings. The molecular weight excluding hydrogens is 432 g/mol. The van der Waals surface area contributed by atoms with Gasteiger partial charge < -0.3 is 26.0 Å². The molecule has 0 radical (unpaired) electrons. The van der Waals surface area contributed by atoms with E-state index in [9.17, 15) is 24.0 Å². The van der Waals surface area contributed by atoms with Crippen LogP contribution in [0, 0.1) is 5.92 Å². The molecule has 33 heavy (non-hydrogen) atoms. The van der Waals surface area contributed by atoms with Gasteiger partial charge in [0.2, 0.25) is 12.3 Å². The third-order valence-electron chi connectivity index (χ3n) is 5.53. The van der Waals surface area contributed by atoms with E-state index in [4.69, 9.17) is 15.3 Å². The lowest BCUT2D eigenvalue weighted by Gasteiger charge is -2.13. The molecule has 2 amide bonds. The molecule has 0 aliphatic heterocycles. The molecule has 0 saturated carbocycles. The highest BCUT2D eigenvalue weighted by atomic mass is 16.4. The average Bonchev–Trinajstić information content (AvgIpc) is 2.75. The van der Waals surface area contributed by atoms with Gasteiger partial charge in [0, 0.05) is 13.0 Å². The van der Waals surface area contributed by atoms with Gasteiger partial charge >= 0.3 is 17.9 Å². The molecular formula is C23H40N2O8. The number of hydrogen-bond donors (Lipinski definition) is 5. The SMILES string of the molecule is O=CNCC(NC(=O)CCCCCCCCCCCCCCCC(C(=O)O)C(=O)O)C(=O)O. The monoisotopic (exact) mass is 472 g/mol. The lowest BCUT2D eigenvalue weighted by Crippen LogP contribution is -2.46. The minimum Gasteiger partial charge on any atom is -0.481 e. The van der Waals surface area contributed by atoms with Crippen LogP contribution in [-0.4, -0.2) is 58.1 Å². The normalized spacial score (nSPS) is 11.7. The minimum absolute atomic E-state index is 0.134. The fraction of sp³-hybridized carbons (Fsp3) is 0.783. The highest BCUT2D eigenvalue weighted by molar-refractivity contribution is 5.92. The van der Waals surface area contributed by atoms with Crippen LogP contribution in [0.1, 0.15) is 96.3 Å². The molecule has 1 unspecified atom stereocenters. The van der Waals surface area contributed by atoms with Crippen molar-refractivity contribution in [2.24, 2.45) is 5.92 Å². The predicted molar refractivity (Wildman–Crippen MR) is 122 cm³/mol. The molecule has 0 aliphatic rings. The Hall–Kier alpha value is -2.65. The zero-order chi connectivity index (χ0) is 24.9. The Bertz CT molecular complexity index is 583. The second-order valence-corrected chi connectivity index (χ2v) is 8.35. The standard InChI is InChI=1S/C23H40N2O8/c26-17-24-16-19(23(32)33)25-20(27)15-13-11-9-7-5-3-1-2-4-6-8-10-12-14-18(21(28)29)22(30)31/h17-19H,1-16H2,(H,24,26)(H,25,27)(H,28,29)(H,30,31)(H,32,33). The highest BCUT2D eigenvalue weighted by Crippen LogP contribution is 2.15. The smallest absolute Gasteiger partial charge is 0.328 e. The van der Waals surface area contributed by atoms with Crippen molar-refractivity contribution in [3.63, 3.8) is 0 Å². The molecule has 0 rings (SSSR count). The Balaban J connectivity index is 3.48. The number of amides is 2. The molecule has 1 atom stereocenters. The molecule has 0 bridgehead atoms. The fourth-order valence-corrected chi connectivity index (χ4v) is 3.56. The predicted octanol–water partition coefficient (Wildman–Crippen LogP) is 2.94. The van der Waals surface area contributed by atoms with Crippen molar-refractivity contribution < 1.29 is 39.3 Å². The molecule has 0 spiro atoms. The van der Waals surface area contributed by atoms with E-state index in [0.29, 0.717) is 19.3 Å². The van der Waals surface area contributed by atoms with Gasteiger partial charge in [0.1, 0.15) is 6.04 Å². The lowest BCUT2D eigenvalue weighted by molar-refractivity contribution is -0.155. The van der Waals surface area contributed by atoms with E-state index >= 15 is 0 Å². The van der Waals surface area contributed by atoms with Gasteiger partial charge in [0.25, 0.3) is 0 Å². The summed E-state index contributed by atoms with van der Waals surface area (Å²) in [5.74, 6) is -5.31. The second kappa shape index (κ2) is 20.0. The molecule has 5 N–H and O–H groups in total. The first-order valence-electron chi connectivity index (χ1n) is 11.9. The maximum atomic E-state index is 11.8. The van der Waals surface area contributed by atoms with Crippen molar-refractivity contribution in [1.82, 2.24) is 10.6 Å². The van der Waals surface area contributed by atoms with Gasteiger partial charge in [-0.05, 0) is 12.8 Å². The molecule has 10 heteroatoms. The van der Waals surface area contributed by atoms with E-state index in [1.54, 1.807) is 0 Å². The summed E-state index contributed by atoms with van der Waals surface area (Å²) in [7, 11) is 0. The molecule has 0 aromatic heterocycles. The van der Waals surface area contributed by atoms with Crippen LogP contribution in [0.2, 0.25) is 0 Å². The van der Waals surface area contributed by atoms with Crippen molar-refractivity contribution in [3.05, 3.63) is 0 Å². The van der Waals surface area contributed by atoms with Crippen LogP contribution in [0.3, 0.4) is 0 Å². The number of aliphatic carboxylic acids is 3.